The number of halogens is 2. The van der Waals surface area contributed by atoms with Crippen molar-refractivity contribution in [2.75, 3.05) is 10.8 Å². The van der Waals surface area contributed by atoms with E-state index >= 15 is 0 Å². The zero-order chi connectivity index (χ0) is 27.2. The Morgan fingerprint density at radius 1 is 0.838 bits per heavy atom. The van der Waals surface area contributed by atoms with Gasteiger partial charge in [0.05, 0.1) is 10.6 Å². The van der Waals surface area contributed by atoms with Gasteiger partial charge in [-0.05, 0) is 74.9 Å². The number of carbonyl (C=O) groups is 2. The maximum Gasteiger partial charge on any atom is 0.264 e. The van der Waals surface area contributed by atoms with Crippen molar-refractivity contribution < 1.29 is 26.8 Å². The van der Waals surface area contributed by atoms with E-state index < -0.39 is 46.1 Å². The van der Waals surface area contributed by atoms with Crippen LogP contribution in [0.4, 0.5) is 14.5 Å². The van der Waals surface area contributed by atoms with E-state index in [2.05, 4.69) is 5.32 Å². The van der Waals surface area contributed by atoms with Crippen LogP contribution in [0.25, 0.3) is 0 Å². The molecule has 37 heavy (non-hydrogen) atoms. The van der Waals surface area contributed by atoms with Crippen molar-refractivity contribution in [2.24, 2.45) is 0 Å². The number of amides is 2. The van der Waals surface area contributed by atoms with Gasteiger partial charge >= 0.3 is 0 Å². The SMILES string of the molecule is CC(C)NC(=O)C(C)N(Cc1ccc(F)cc1)C(=O)CN(c1ccc(F)cc1)S(=O)(=O)c1ccccc1. The third-order valence-electron chi connectivity index (χ3n) is 5.59. The molecule has 3 aromatic carbocycles. The fourth-order valence-corrected chi connectivity index (χ4v) is 5.07. The molecule has 196 valence electrons. The first kappa shape index (κ1) is 27.8. The molecule has 7 nitrogen and oxygen atoms in total. The molecule has 3 aromatic rings. The Morgan fingerprint density at radius 3 is 1.92 bits per heavy atom. The average Bonchev–Trinajstić information content (AvgIpc) is 2.87. The van der Waals surface area contributed by atoms with Gasteiger partial charge in [-0.15, -0.1) is 0 Å². The van der Waals surface area contributed by atoms with Gasteiger partial charge in [0, 0.05) is 12.6 Å². The summed E-state index contributed by atoms with van der Waals surface area (Å²) in [5, 5.41) is 2.75. The number of hydrogen-bond donors (Lipinski definition) is 1. The molecule has 3 rings (SSSR count). The predicted octanol–water partition coefficient (Wildman–Crippen LogP) is 4.10. The molecule has 0 saturated heterocycles. The lowest BCUT2D eigenvalue weighted by molar-refractivity contribution is -0.139. The summed E-state index contributed by atoms with van der Waals surface area (Å²) in [5.74, 6) is -2.11. The van der Waals surface area contributed by atoms with Crippen LogP contribution in [0, 0.1) is 11.6 Å². The standard InChI is InChI=1S/C27H29F2N3O4S/c1-19(2)30-27(34)20(3)31(17-21-9-11-22(28)12-10-21)26(33)18-32(24-15-13-23(29)14-16-24)37(35,36)25-7-5-4-6-8-25/h4-16,19-20H,17-18H2,1-3H3,(H,30,34). The van der Waals surface area contributed by atoms with Crippen LogP contribution in [0.1, 0.15) is 26.3 Å². The fraction of sp³-hybridized carbons (Fsp3) is 0.259. The Bertz CT molecular complexity index is 1320. The Labute approximate surface area is 215 Å². The van der Waals surface area contributed by atoms with E-state index in [0.29, 0.717) is 5.56 Å². The summed E-state index contributed by atoms with van der Waals surface area (Å²) in [6.45, 7) is 4.38. The lowest BCUT2D eigenvalue weighted by Gasteiger charge is -2.32. The molecule has 10 heteroatoms. The van der Waals surface area contributed by atoms with Crippen LogP contribution in [0.3, 0.4) is 0 Å². The van der Waals surface area contributed by atoms with Crippen LogP contribution in [0.2, 0.25) is 0 Å². The number of nitrogens with zero attached hydrogens (tertiary/aromatic N) is 2. The van der Waals surface area contributed by atoms with Crippen molar-refractivity contribution in [3.63, 3.8) is 0 Å². The minimum Gasteiger partial charge on any atom is -0.352 e. The fourth-order valence-electron chi connectivity index (χ4n) is 3.63. The summed E-state index contributed by atoms with van der Waals surface area (Å²) in [7, 11) is -4.23. The smallest absolute Gasteiger partial charge is 0.264 e. The van der Waals surface area contributed by atoms with Crippen molar-refractivity contribution >= 4 is 27.5 Å². The zero-order valence-electron chi connectivity index (χ0n) is 20.8. The monoisotopic (exact) mass is 529 g/mol. The van der Waals surface area contributed by atoms with Crippen LogP contribution in [0.15, 0.2) is 83.8 Å². The van der Waals surface area contributed by atoms with Gasteiger partial charge in [-0.3, -0.25) is 13.9 Å². The number of carbonyl (C=O) groups excluding carboxylic acids is 2. The molecule has 2 amide bonds. The molecule has 1 atom stereocenters. The molecule has 0 bridgehead atoms. The molecule has 0 aliphatic heterocycles. The van der Waals surface area contributed by atoms with Crippen molar-refractivity contribution in [1.29, 1.82) is 0 Å². The zero-order valence-corrected chi connectivity index (χ0v) is 21.6. The highest BCUT2D eigenvalue weighted by Gasteiger charge is 2.32. The average molecular weight is 530 g/mol. The van der Waals surface area contributed by atoms with Gasteiger partial charge in [0.25, 0.3) is 10.0 Å². The number of hydrogen-bond acceptors (Lipinski definition) is 4. The minimum atomic E-state index is -4.23. The molecule has 0 spiro atoms. The van der Waals surface area contributed by atoms with Crippen LogP contribution >= 0.6 is 0 Å². The van der Waals surface area contributed by atoms with Crippen molar-refractivity contribution in [3.05, 3.63) is 96.1 Å². The van der Waals surface area contributed by atoms with E-state index in [1.54, 1.807) is 32.0 Å². The first-order valence-corrected chi connectivity index (χ1v) is 13.1. The predicted molar refractivity (Wildman–Crippen MR) is 137 cm³/mol. The second kappa shape index (κ2) is 12.0. The third-order valence-corrected chi connectivity index (χ3v) is 7.38. The van der Waals surface area contributed by atoms with E-state index in [-0.39, 0.29) is 23.2 Å². The number of sulfonamides is 1. The number of benzene rings is 3. The molecule has 0 aliphatic carbocycles. The van der Waals surface area contributed by atoms with Gasteiger partial charge in [-0.1, -0.05) is 30.3 Å². The number of anilines is 1. The van der Waals surface area contributed by atoms with Gasteiger partial charge in [-0.2, -0.15) is 0 Å². The maximum absolute atomic E-state index is 13.7. The molecule has 0 heterocycles. The molecule has 0 aromatic heterocycles. The Kier molecular flexibility index (Phi) is 8.99. The lowest BCUT2D eigenvalue weighted by Crippen LogP contribution is -2.52. The van der Waals surface area contributed by atoms with Crippen LogP contribution < -0.4 is 9.62 Å². The van der Waals surface area contributed by atoms with Gasteiger partial charge in [-0.25, -0.2) is 17.2 Å². The summed E-state index contributed by atoms with van der Waals surface area (Å²) < 4.78 is 55.1. The summed E-state index contributed by atoms with van der Waals surface area (Å²) >= 11 is 0. The Morgan fingerprint density at radius 2 is 1.38 bits per heavy atom. The molecule has 0 fully saturated rings. The Hall–Kier alpha value is -3.79. The van der Waals surface area contributed by atoms with E-state index in [1.807, 2.05) is 0 Å². The molecular weight excluding hydrogens is 500 g/mol. The first-order chi connectivity index (χ1) is 17.5. The van der Waals surface area contributed by atoms with Gasteiger partial charge < -0.3 is 10.2 Å². The normalized spacial score (nSPS) is 12.2. The molecule has 0 aliphatic rings. The molecular formula is C27H29F2N3O4S. The topological polar surface area (TPSA) is 86.8 Å². The van der Waals surface area contributed by atoms with Gasteiger partial charge in [0.2, 0.25) is 11.8 Å². The second-order valence-electron chi connectivity index (χ2n) is 8.79. The van der Waals surface area contributed by atoms with Gasteiger partial charge in [0.1, 0.15) is 24.2 Å². The van der Waals surface area contributed by atoms with Crippen molar-refractivity contribution in [2.45, 2.75) is 44.3 Å². The quantitative estimate of drug-likeness (QED) is 0.429. The van der Waals surface area contributed by atoms with E-state index in [9.17, 15) is 26.8 Å². The number of rotatable bonds is 10. The molecule has 0 radical (unpaired) electrons. The molecule has 0 saturated carbocycles. The lowest BCUT2D eigenvalue weighted by atomic mass is 10.1. The number of nitrogens with one attached hydrogen (secondary N) is 1. The summed E-state index contributed by atoms with van der Waals surface area (Å²) in [5.41, 5.74) is 0.637. The summed E-state index contributed by atoms with van der Waals surface area (Å²) in [6, 6.07) is 16.6. The van der Waals surface area contributed by atoms with Crippen LogP contribution in [-0.2, 0) is 26.2 Å². The second-order valence-corrected chi connectivity index (χ2v) is 10.7. The van der Waals surface area contributed by atoms with Crippen LogP contribution in [0.5, 0.6) is 0 Å². The first-order valence-electron chi connectivity index (χ1n) is 11.7. The Balaban J connectivity index is 2.00. The van der Waals surface area contributed by atoms with Gasteiger partial charge in [0.15, 0.2) is 0 Å². The van der Waals surface area contributed by atoms with E-state index in [0.717, 1.165) is 16.4 Å². The summed E-state index contributed by atoms with van der Waals surface area (Å²) in [6.07, 6.45) is 0. The largest absolute Gasteiger partial charge is 0.352 e. The van der Waals surface area contributed by atoms with Crippen molar-refractivity contribution in [3.8, 4) is 0 Å². The highest BCUT2D eigenvalue weighted by atomic mass is 32.2. The minimum absolute atomic E-state index is 0.0530. The van der Waals surface area contributed by atoms with Crippen LogP contribution in [-0.4, -0.2) is 43.8 Å². The van der Waals surface area contributed by atoms with E-state index in [1.165, 1.54) is 60.4 Å². The maximum atomic E-state index is 13.7. The van der Waals surface area contributed by atoms with Crippen molar-refractivity contribution in [1.82, 2.24) is 10.2 Å². The summed E-state index contributed by atoms with van der Waals surface area (Å²) in [4.78, 5) is 27.7. The molecule has 1 N–H and O–H groups in total. The third kappa shape index (κ3) is 7.13. The van der Waals surface area contributed by atoms with E-state index in [4.69, 9.17) is 0 Å². The molecule has 1 unspecified atom stereocenters. The highest BCUT2D eigenvalue weighted by Crippen LogP contribution is 2.25. The highest BCUT2D eigenvalue weighted by molar-refractivity contribution is 7.92.